The van der Waals surface area contributed by atoms with Gasteiger partial charge in [-0.15, -0.1) is 10.2 Å². The molecule has 0 bridgehead atoms. The molecule has 1 amide bonds. The number of carbonyl (C=O) groups is 1. The van der Waals surface area contributed by atoms with Gasteiger partial charge >= 0.3 is 0 Å². The number of piperidine rings is 1. The molecule has 3 heterocycles. The zero-order valence-corrected chi connectivity index (χ0v) is 16.0. The predicted octanol–water partition coefficient (Wildman–Crippen LogP) is 2.91. The molecule has 0 spiro atoms. The van der Waals surface area contributed by atoms with Crippen molar-refractivity contribution in [2.75, 3.05) is 26.8 Å². The number of aromatic nitrogens is 3. The van der Waals surface area contributed by atoms with Gasteiger partial charge in [0.15, 0.2) is 17.1 Å². The summed E-state index contributed by atoms with van der Waals surface area (Å²) in [5.74, 6) is 2.56. The SMILES string of the molecule is COc1ccccc1OCCC(=O)N1CCCC(c2nnc3ccccn23)C1. The lowest BCUT2D eigenvalue weighted by Gasteiger charge is -2.32. The minimum absolute atomic E-state index is 0.105. The van der Waals surface area contributed by atoms with Gasteiger partial charge in [-0.05, 0) is 37.1 Å². The molecule has 1 atom stereocenters. The van der Waals surface area contributed by atoms with E-state index in [-0.39, 0.29) is 11.8 Å². The largest absolute Gasteiger partial charge is 0.493 e. The number of nitrogens with zero attached hydrogens (tertiary/aromatic N) is 4. The Bertz CT molecular complexity index is 955. The van der Waals surface area contributed by atoms with E-state index >= 15 is 0 Å². The first kappa shape index (κ1) is 18.3. The Morgan fingerprint density at radius 2 is 1.96 bits per heavy atom. The van der Waals surface area contributed by atoms with E-state index in [2.05, 4.69) is 10.2 Å². The fourth-order valence-corrected chi connectivity index (χ4v) is 3.70. The highest BCUT2D eigenvalue weighted by atomic mass is 16.5. The number of methoxy groups -OCH3 is 1. The minimum atomic E-state index is 0.105. The molecule has 7 nitrogen and oxygen atoms in total. The van der Waals surface area contributed by atoms with Gasteiger partial charge in [0.25, 0.3) is 0 Å². The third-order valence-electron chi connectivity index (χ3n) is 5.12. The number of hydrogen-bond acceptors (Lipinski definition) is 5. The second-order valence-electron chi connectivity index (χ2n) is 6.92. The van der Waals surface area contributed by atoms with E-state index in [4.69, 9.17) is 9.47 Å². The Labute approximate surface area is 163 Å². The quantitative estimate of drug-likeness (QED) is 0.658. The summed E-state index contributed by atoms with van der Waals surface area (Å²) in [6.07, 6.45) is 4.29. The average molecular weight is 380 g/mol. The second kappa shape index (κ2) is 8.29. The number of carbonyl (C=O) groups excluding carboxylic acids is 1. The molecule has 7 heteroatoms. The molecule has 1 aromatic carbocycles. The van der Waals surface area contributed by atoms with Gasteiger partial charge in [-0.25, -0.2) is 0 Å². The maximum Gasteiger partial charge on any atom is 0.226 e. The summed E-state index contributed by atoms with van der Waals surface area (Å²) in [5.41, 5.74) is 0.839. The van der Waals surface area contributed by atoms with E-state index in [0.29, 0.717) is 31.1 Å². The molecule has 2 aromatic heterocycles. The monoisotopic (exact) mass is 380 g/mol. The van der Waals surface area contributed by atoms with Crippen LogP contribution in [0, 0.1) is 0 Å². The normalized spacial score (nSPS) is 16.9. The van der Waals surface area contributed by atoms with Crippen molar-refractivity contribution in [1.82, 2.24) is 19.5 Å². The van der Waals surface area contributed by atoms with Crippen LogP contribution in [0.4, 0.5) is 0 Å². The minimum Gasteiger partial charge on any atom is -0.493 e. The second-order valence-corrected chi connectivity index (χ2v) is 6.92. The Balaban J connectivity index is 1.36. The van der Waals surface area contributed by atoms with Gasteiger partial charge in [0.05, 0.1) is 20.1 Å². The van der Waals surface area contributed by atoms with Crippen molar-refractivity contribution in [1.29, 1.82) is 0 Å². The van der Waals surface area contributed by atoms with E-state index in [9.17, 15) is 4.79 Å². The summed E-state index contributed by atoms with van der Waals surface area (Å²) in [4.78, 5) is 14.6. The Kier molecular flexibility index (Phi) is 5.41. The first-order valence-electron chi connectivity index (χ1n) is 9.59. The third kappa shape index (κ3) is 3.78. The Hall–Kier alpha value is -3.09. The molecule has 3 aromatic rings. The zero-order chi connectivity index (χ0) is 19.3. The molecule has 1 fully saturated rings. The maximum atomic E-state index is 12.7. The molecule has 146 valence electrons. The van der Waals surface area contributed by atoms with Gasteiger partial charge in [0, 0.05) is 25.2 Å². The van der Waals surface area contributed by atoms with Gasteiger partial charge < -0.3 is 14.4 Å². The van der Waals surface area contributed by atoms with E-state index in [1.807, 2.05) is 58.0 Å². The molecule has 0 saturated carbocycles. The summed E-state index contributed by atoms with van der Waals surface area (Å²) >= 11 is 0. The number of benzene rings is 1. The molecule has 1 saturated heterocycles. The number of amides is 1. The van der Waals surface area contributed by atoms with Crippen molar-refractivity contribution < 1.29 is 14.3 Å². The molecule has 1 unspecified atom stereocenters. The van der Waals surface area contributed by atoms with Crippen LogP contribution in [-0.4, -0.2) is 52.2 Å². The Morgan fingerprint density at radius 3 is 2.82 bits per heavy atom. The van der Waals surface area contributed by atoms with E-state index in [1.54, 1.807) is 7.11 Å². The third-order valence-corrected chi connectivity index (χ3v) is 5.12. The van der Waals surface area contributed by atoms with Crippen LogP contribution in [0.5, 0.6) is 11.5 Å². The smallest absolute Gasteiger partial charge is 0.226 e. The van der Waals surface area contributed by atoms with Crippen molar-refractivity contribution in [3.63, 3.8) is 0 Å². The van der Waals surface area contributed by atoms with Crippen molar-refractivity contribution in [2.45, 2.75) is 25.2 Å². The number of pyridine rings is 1. The topological polar surface area (TPSA) is 69.0 Å². The van der Waals surface area contributed by atoms with Gasteiger partial charge in [-0.1, -0.05) is 18.2 Å². The van der Waals surface area contributed by atoms with Crippen LogP contribution in [-0.2, 0) is 4.79 Å². The lowest BCUT2D eigenvalue weighted by Crippen LogP contribution is -2.40. The number of ether oxygens (including phenoxy) is 2. The zero-order valence-electron chi connectivity index (χ0n) is 16.0. The maximum absolute atomic E-state index is 12.7. The van der Waals surface area contributed by atoms with Gasteiger partial charge in [0.1, 0.15) is 5.82 Å². The molecule has 1 aliphatic rings. The van der Waals surface area contributed by atoms with Gasteiger partial charge in [-0.3, -0.25) is 9.20 Å². The number of hydrogen-bond donors (Lipinski definition) is 0. The van der Waals surface area contributed by atoms with E-state index in [0.717, 1.165) is 30.9 Å². The summed E-state index contributed by atoms with van der Waals surface area (Å²) in [7, 11) is 1.61. The highest BCUT2D eigenvalue weighted by Gasteiger charge is 2.27. The molecule has 0 radical (unpaired) electrons. The van der Waals surface area contributed by atoms with Crippen molar-refractivity contribution >= 4 is 11.6 Å². The Morgan fingerprint density at radius 1 is 1.14 bits per heavy atom. The van der Waals surface area contributed by atoms with Crippen LogP contribution < -0.4 is 9.47 Å². The van der Waals surface area contributed by atoms with Crippen LogP contribution in [0.2, 0.25) is 0 Å². The lowest BCUT2D eigenvalue weighted by atomic mass is 9.97. The predicted molar refractivity (Wildman–Crippen MR) is 105 cm³/mol. The molecule has 0 aliphatic carbocycles. The summed E-state index contributed by atoms with van der Waals surface area (Å²) in [6, 6.07) is 13.3. The van der Waals surface area contributed by atoms with Gasteiger partial charge in [-0.2, -0.15) is 0 Å². The summed E-state index contributed by atoms with van der Waals surface area (Å²) in [5, 5.41) is 8.61. The molecule has 28 heavy (non-hydrogen) atoms. The first-order valence-corrected chi connectivity index (χ1v) is 9.59. The highest BCUT2D eigenvalue weighted by Crippen LogP contribution is 2.27. The lowest BCUT2D eigenvalue weighted by molar-refractivity contribution is -0.133. The molecular weight excluding hydrogens is 356 g/mol. The van der Waals surface area contributed by atoms with Crippen LogP contribution in [0.3, 0.4) is 0 Å². The van der Waals surface area contributed by atoms with Gasteiger partial charge in [0.2, 0.25) is 5.91 Å². The van der Waals surface area contributed by atoms with E-state index < -0.39 is 0 Å². The van der Waals surface area contributed by atoms with Crippen molar-refractivity contribution in [3.05, 3.63) is 54.5 Å². The average Bonchev–Trinajstić information content (AvgIpc) is 3.18. The molecule has 0 N–H and O–H groups in total. The summed E-state index contributed by atoms with van der Waals surface area (Å²) in [6.45, 7) is 1.78. The first-order chi connectivity index (χ1) is 13.8. The molecule has 4 rings (SSSR count). The van der Waals surface area contributed by atoms with Crippen LogP contribution >= 0.6 is 0 Å². The van der Waals surface area contributed by atoms with Crippen LogP contribution in [0.1, 0.15) is 31.0 Å². The van der Waals surface area contributed by atoms with Crippen molar-refractivity contribution in [2.24, 2.45) is 0 Å². The van der Waals surface area contributed by atoms with Crippen LogP contribution in [0.25, 0.3) is 5.65 Å². The molecule has 1 aliphatic heterocycles. The fourth-order valence-electron chi connectivity index (χ4n) is 3.70. The molecular formula is C21H24N4O3. The van der Waals surface area contributed by atoms with E-state index in [1.165, 1.54) is 0 Å². The number of rotatable bonds is 6. The number of fused-ring (bicyclic) bond motifs is 1. The fraction of sp³-hybridized carbons (Fsp3) is 0.381. The summed E-state index contributed by atoms with van der Waals surface area (Å²) < 4.78 is 13.0. The van der Waals surface area contributed by atoms with Crippen LogP contribution in [0.15, 0.2) is 48.7 Å². The number of para-hydroxylation sites is 2. The number of likely N-dealkylation sites (tertiary alicyclic amines) is 1. The van der Waals surface area contributed by atoms with Crippen molar-refractivity contribution in [3.8, 4) is 11.5 Å². The highest BCUT2D eigenvalue weighted by molar-refractivity contribution is 5.76. The standard InChI is InChI=1S/C21H24N4O3/c1-27-17-8-2-3-9-18(17)28-14-11-20(26)24-12-6-7-16(15-24)21-23-22-19-10-4-5-13-25(19)21/h2-5,8-10,13,16H,6-7,11-12,14-15H2,1H3.